The molecule has 1 aliphatic rings. The van der Waals surface area contributed by atoms with Crippen LogP contribution in [0.4, 0.5) is 5.69 Å². The Kier molecular flexibility index (Phi) is 4.31. The molecule has 25 heavy (non-hydrogen) atoms. The minimum atomic E-state index is -0.230. The van der Waals surface area contributed by atoms with E-state index in [9.17, 15) is 9.59 Å². The number of hydrogen-bond donors (Lipinski definition) is 2. The summed E-state index contributed by atoms with van der Waals surface area (Å²) in [5.74, 6) is 0.161. The summed E-state index contributed by atoms with van der Waals surface area (Å²) in [5.41, 5.74) is 1.67. The molecule has 0 aliphatic heterocycles. The molecule has 0 saturated heterocycles. The lowest BCUT2D eigenvalue weighted by Gasteiger charge is -2.09. The lowest BCUT2D eigenvalue weighted by molar-refractivity contribution is -0.115. The molecule has 0 fully saturated rings. The van der Waals surface area contributed by atoms with Crippen molar-refractivity contribution in [1.82, 2.24) is 9.97 Å². The van der Waals surface area contributed by atoms with Gasteiger partial charge in [0.25, 0.3) is 5.56 Å². The maximum atomic E-state index is 12.5. The molecule has 0 spiro atoms. The summed E-state index contributed by atoms with van der Waals surface area (Å²) >= 11 is 7.42. The van der Waals surface area contributed by atoms with Crippen LogP contribution in [0.1, 0.15) is 29.1 Å². The van der Waals surface area contributed by atoms with Gasteiger partial charge in [-0.2, -0.15) is 0 Å². The number of amides is 1. The van der Waals surface area contributed by atoms with Crippen molar-refractivity contribution in [3.63, 3.8) is 0 Å². The summed E-state index contributed by atoms with van der Waals surface area (Å²) in [5, 5.41) is 4.10. The predicted molar refractivity (Wildman–Crippen MR) is 101 cm³/mol. The Hall–Kier alpha value is -2.18. The second-order valence-corrected chi connectivity index (χ2v) is 7.66. The van der Waals surface area contributed by atoms with Gasteiger partial charge in [0, 0.05) is 15.6 Å². The molecule has 1 aromatic carbocycles. The molecule has 0 bridgehead atoms. The van der Waals surface area contributed by atoms with Crippen molar-refractivity contribution >= 4 is 44.7 Å². The second-order valence-electron chi connectivity index (χ2n) is 6.14. The van der Waals surface area contributed by atoms with Crippen LogP contribution in [0.2, 0.25) is 5.02 Å². The number of halogens is 1. The number of nitrogens with zero attached hydrogens (tertiary/aromatic N) is 1. The van der Waals surface area contributed by atoms with E-state index >= 15 is 0 Å². The maximum Gasteiger partial charge on any atom is 0.259 e. The van der Waals surface area contributed by atoms with Gasteiger partial charge in [-0.05, 0) is 55.5 Å². The molecule has 2 N–H and O–H groups in total. The summed E-state index contributed by atoms with van der Waals surface area (Å²) in [6, 6.07) is 6.87. The van der Waals surface area contributed by atoms with E-state index in [0.717, 1.165) is 36.1 Å². The zero-order chi connectivity index (χ0) is 17.4. The van der Waals surface area contributed by atoms with Gasteiger partial charge in [-0.3, -0.25) is 9.59 Å². The summed E-state index contributed by atoms with van der Waals surface area (Å²) in [6.45, 7) is 0. The van der Waals surface area contributed by atoms with Crippen LogP contribution in [0.3, 0.4) is 0 Å². The minimum absolute atomic E-state index is 0.0242. The first kappa shape index (κ1) is 16.3. The Balaban J connectivity index is 1.58. The largest absolute Gasteiger partial charge is 0.326 e. The molecule has 2 heterocycles. The number of aromatic nitrogens is 2. The van der Waals surface area contributed by atoms with E-state index in [2.05, 4.69) is 15.3 Å². The average molecular weight is 374 g/mol. The van der Waals surface area contributed by atoms with Gasteiger partial charge in [0.15, 0.2) is 0 Å². The predicted octanol–water partition coefficient (Wildman–Crippen LogP) is 3.70. The molecular weight excluding hydrogens is 358 g/mol. The van der Waals surface area contributed by atoms with Crippen LogP contribution >= 0.6 is 22.9 Å². The first-order chi connectivity index (χ1) is 12.1. The molecule has 0 saturated carbocycles. The van der Waals surface area contributed by atoms with Gasteiger partial charge in [-0.25, -0.2) is 4.98 Å². The van der Waals surface area contributed by atoms with Crippen molar-refractivity contribution in [2.75, 3.05) is 5.32 Å². The number of hydrogen-bond acceptors (Lipinski definition) is 4. The summed E-state index contributed by atoms with van der Waals surface area (Å²) in [4.78, 5) is 34.0. The van der Waals surface area contributed by atoms with E-state index < -0.39 is 0 Å². The molecule has 4 rings (SSSR count). The van der Waals surface area contributed by atoms with Crippen molar-refractivity contribution < 1.29 is 4.79 Å². The fourth-order valence-electron chi connectivity index (χ4n) is 3.18. The number of carbonyl (C=O) groups is 1. The minimum Gasteiger partial charge on any atom is -0.326 e. The van der Waals surface area contributed by atoms with Gasteiger partial charge in [-0.1, -0.05) is 11.6 Å². The summed E-state index contributed by atoms with van der Waals surface area (Å²) < 4.78 is 0. The first-order valence-corrected chi connectivity index (χ1v) is 9.38. The molecule has 1 amide bonds. The summed E-state index contributed by atoms with van der Waals surface area (Å²) in [7, 11) is 0. The molecule has 1 aliphatic carbocycles. The van der Waals surface area contributed by atoms with Crippen LogP contribution in [0.5, 0.6) is 0 Å². The zero-order valence-electron chi connectivity index (χ0n) is 13.4. The molecule has 0 unspecified atom stereocenters. The van der Waals surface area contributed by atoms with Crippen molar-refractivity contribution in [2.45, 2.75) is 32.1 Å². The molecule has 7 heteroatoms. The average Bonchev–Trinajstić information content (AvgIpc) is 2.95. The third-order valence-electron chi connectivity index (χ3n) is 4.33. The van der Waals surface area contributed by atoms with E-state index in [1.54, 1.807) is 35.6 Å². The first-order valence-electron chi connectivity index (χ1n) is 8.19. The van der Waals surface area contributed by atoms with Gasteiger partial charge < -0.3 is 10.3 Å². The topological polar surface area (TPSA) is 74.8 Å². The van der Waals surface area contributed by atoms with Crippen LogP contribution in [-0.4, -0.2) is 15.9 Å². The Morgan fingerprint density at radius 2 is 2.00 bits per heavy atom. The van der Waals surface area contributed by atoms with Crippen LogP contribution in [0.25, 0.3) is 10.2 Å². The van der Waals surface area contributed by atoms with Crippen LogP contribution < -0.4 is 10.9 Å². The molecule has 3 aromatic rings. The summed E-state index contributed by atoms with van der Waals surface area (Å²) in [6.07, 6.45) is 4.26. The highest BCUT2D eigenvalue weighted by atomic mass is 35.5. The fourth-order valence-corrected chi connectivity index (χ4v) is 4.59. The van der Waals surface area contributed by atoms with Gasteiger partial charge in [0.2, 0.25) is 5.91 Å². The number of rotatable bonds is 3. The third-order valence-corrected chi connectivity index (χ3v) is 5.77. The molecule has 5 nitrogen and oxygen atoms in total. The zero-order valence-corrected chi connectivity index (χ0v) is 15.0. The molecule has 0 atom stereocenters. The highest BCUT2D eigenvalue weighted by Crippen LogP contribution is 2.33. The number of H-pyrrole nitrogens is 1. The van der Waals surface area contributed by atoms with E-state index in [1.807, 2.05) is 0 Å². The number of nitrogens with one attached hydrogen (secondary N) is 2. The van der Waals surface area contributed by atoms with Gasteiger partial charge in [0.1, 0.15) is 10.7 Å². The SMILES string of the molecule is O=C(Cc1nc2sc3c(c2c(=O)[nH]1)CCCC3)Nc1ccc(Cl)cc1. The van der Waals surface area contributed by atoms with Crippen LogP contribution in [-0.2, 0) is 24.1 Å². The normalized spacial score (nSPS) is 13.6. The second kappa shape index (κ2) is 6.61. The van der Waals surface area contributed by atoms with Gasteiger partial charge in [0.05, 0.1) is 11.8 Å². The number of aromatic amines is 1. The van der Waals surface area contributed by atoms with E-state index in [4.69, 9.17) is 11.6 Å². The Morgan fingerprint density at radius 3 is 2.80 bits per heavy atom. The number of thiophene rings is 1. The number of fused-ring (bicyclic) bond motifs is 3. The Morgan fingerprint density at radius 1 is 1.24 bits per heavy atom. The Bertz CT molecular complexity index is 1010. The standard InChI is InChI=1S/C18H16ClN3O2S/c19-10-5-7-11(8-6-10)20-15(23)9-14-21-17(24)16-12-3-1-2-4-13(12)25-18(16)22-14/h5-8H,1-4,9H2,(H,20,23)(H,21,22,24). The maximum absolute atomic E-state index is 12.5. The highest BCUT2D eigenvalue weighted by molar-refractivity contribution is 7.18. The number of aryl methyl sites for hydroxylation is 2. The van der Waals surface area contributed by atoms with Crippen molar-refractivity contribution in [3.05, 3.63) is 55.9 Å². The van der Waals surface area contributed by atoms with Gasteiger partial charge >= 0.3 is 0 Å². The van der Waals surface area contributed by atoms with Crippen molar-refractivity contribution in [3.8, 4) is 0 Å². The molecule has 2 aromatic heterocycles. The smallest absolute Gasteiger partial charge is 0.259 e. The number of carbonyl (C=O) groups excluding carboxylic acids is 1. The Labute approximate surface area is 153 Å². The van der Waals surface area contributed by atoms with Crippen molar-refractivity contribution in [2.24, 2.45) is 0 Å². The lowest BCUT2D eigenvalue weighted by atomic mass is 9.97. The van der Waals surface area contributed by atoms with Crippen molar-refractivity contribution in [1.29, 1.82) is 0 Å². The monoisotopic (exact) mass is 373 g/mol. The number of benzene rings is 1. The fraction of sp³-hybridized carbons (Fsp3) is 0.278. The molecular formula is C18H16ClN3O2S. The third kappa shape index (κ3) is 3.32. The molecule has 128 valence electrons. The van der Waals surface area contributed by atoms with E-state index in [-0.39, 0.29) is 17.9 Å². The quantitative estimate of drug-likeness (QED) is 0.735. The highest BCUT2D eigenvalue weighted by Gasteiger charge is 2.20. The van der Waals surface area contributed by atoms with E-state index in [0.29, 0.717) is 21.9 Å². The van der Waals surface area contributed by atoms with Crippen LogP contribution in [0.15, 0.2) is 29.1 Å². The van der Waals surface area contributed by atoms with Gasteiger partial charge in [-0.15, -0.1) is 11.3 Å². The van der Waals surface area contributed by atoms with E-state index in [1.165, 1.54) is 4.88 Å². The molecule has 0 radical (unpaired) electrons. The van der Waals surface area contributed by atoms with Crippen LogP contribution in [0, 0.1) is 0 Å². The lowest BCUT2D eigenvalue weighted by Crippen LogP contribution is -2.19. The number of anilines is 1.